The van der Waals surface area contributed by atoms with Gasteiger partial charge in [0.2, 0.25) is 11.4 Å². The van der Waals surface area contributed by atoms with Crippen LogP contribution in [0, 0.1) is 0 Å². The molecule has 0 atom stereocenters. The fraction of sp³-hybridized carbons (Fsp3) is 0.619. The van der Waals surface area contributed by atoms with Crippen molar-refractivity contribution in [3.63, 3.8) is 0 Å². The first kappa shape index (κ1) is 36.0. The van der Waals surface area contributed by atoms with E-state index in [1.165, 1.54) is 101 Å². The van der Waals surface area contributed by atoms with Crippen LogP contribution < -0.4 is 0 Å². The number of unbranched alkanes of at least 4 members (excludes halogenated alkanes) is 5. The fourth-order valence-corrected chi connectivity index (χ4v) is 7.57. The first-order chi connectivity index (χ1) is 21.4. The molecule has 0 aliphatic carbocycles. The van der Waals surface area contributed by atoms with Crippen LogP contribution >= 0.6 is 0 Å². The van der Waals surface area contributed by atoms with Crippen molar-refractivity contribution in [1.29, 1.82) is 0 Å². The third-order valence-electron chi connectivity index (χ3n) is 9.74. The van der Waals surface area contributed by atoms with Crippen molar-refractivity contribution in [1.82, 2.24) is 0 Å². The Bertz CT molecular complexity index is 1250. The van der Waals surface area contributed by atoms with Gasteiger partial charge in [-0.2, -0.15) is 0 Å². The van der Waals surface area contributed by atoms with Gasteiger partial charge in [-0.1, -0.05) is 107 Å². The molecule has 1 aliphatic heterocycles. The number of nitrogens with zero attached hydrogens (tertiary/aromatic N) is 2. The van der Waals surface area contributed by atoms with E-state index in [1.807, 2.05) is 0 Å². The quantitative estimate of drug-likeness (QED) is 0.107. The lowest BCUT2D eigenvalue weighted by molar-refractivity contribution is -0.345. The Morgan fingerprint density at radius 1 is 0.432 bits per heavy atom. The van der Waals surface area contributed by atoms with Crippen molar-refractivity contribution in [2.45, 2.75) is 171 Å². The van der Waals surface area contributed by atoms with E-state index >= 15 is 0 Å². The van der Waals surface area contributed by atoms with Crippen LogP contribution in [0.4, 0.5) is 0 Å². The molecule has 0 radical (unpaired) electrons. The van der Waals surface area contributed by atoms with Gasteiger partial charge in [0.05, 0.1) is 0 Å². The molecule has 0 aromatic heterocycles. The first-order valence-electron chi connectivity index (χ1n) is 18.7. The van der Waals surface area contributed by atoms with Crippen LogP contribution in [-0.2, 0) is 38.5 Å². The third kappa shape index (κ3) is 8.41. The Morgan fingerprint density at radius 2 is 0.864 bits per heavy atom. The van der Waals surface area contributed by atoms with Crippen LogP contribution in [0.5, 0.6) is 0 Å². The molecule has 2 heteroatoms. The molecule has 0 amide bonds. The van der Waals surface area contributed by atoms with Crippen LogP contribution in [0.2, 0.25) is 0 Å². The summed E-state index contributed by atoms with van der Waals surface area (Å²) in [5.41, 5.74) is 28.7. The van der Waals surface area contributed by atoms with Gasteiger partial charge in [-0.3, -0.25) is 0 Å². The second-order valence-electron chi connectivity index (χ2n) is 13.1. The lowest BCUT2D eigenvalue weighted by Gasteiger charge is -2.18. The van der Waals surface area contributed by atoms with Crippen molar-refractivity contribution in [3.8, 4) is 0 Å². The fourth-order valence-electron chi connectivity index (χ4n) is 7.57. The summed E-state index contributed by atoms with van der Waals surface area (Å²) in [6, 6.07) is 9.73. The summed E-state index contributed by atoms with van der Waals surface area (Å²) in [6.07, 6.45) is 20.5. The Morgan fingerprint density at radius 3 is 1.27 bits per heavy atom. The lowest BCUT2D eigenvalue weighted by atomic mass is 9.87. The second kappa shape index (κ2) is 18.5. The molecule has 44 heavy (non-hydrogen) atoms. The zero-order valence-electron chi connectivity index (χ0n) is 29.9. The number of allylic oxidation sites excluding steroid dienone is 2. The first-order valence-corrected chi connectivity index (χ1v) is 18.7. The number of hydrogen-bond donors (Lipinski definition) is 0. The molecule has 0 saturated carbocycles. The highest BCUT2D eigenvalue weighted by Gasteiger charge is 2.36. The van der Waals surface area contributed by atoms with E-state index in [0.29, 0.717) is 0 Å². The van der Waals surface area contributed by atoms with Gasteiger partial charge in [-0.05, 0) is 122 Å². The maximum absolute atomic E-state index is 12.4. The van der Waals surface area contributed by atoms with Gasteiger partial charge in [0, 0.05) is 22.3 Å². The summed E-state index contributed by atoms with van der Waals surface area (Å²) in [7, 11) is 0. The predicted molar refractivity (Wildman–Crippen MR) is 193 cm³/mol. The number of aryl methyl sites for hydroxylation is 4. The monoisotopic (exact) mass is 597 g/mol. The van der Waals surface area contributed by atoms with E-state index in [2.05, 4.69) is 79.7 Å². The number of benzene rings is 2. The Balaban J connectivity index is 2.33. The molecule has 3 rings (SSSR count). The highest BCUT2D eigenvalue weighted by Crippen LogP contribution is 2.46. The van der Waals surface area contributed by atoms with E-state index in [9.17, 15) is 5.53 Å². The summed E-state index contributed by atoms with van der Waals surface area (Å²) < 4.78 is 1.65. The summed E-state index contributed by atoms with van der Waals surface area (Å²) in [5, 5.41) is 0. The molecule has 2 nitrogen and oxygen atoms in total. The van der Waals surface area contributed by atoms with Gasteiger partial charge >= 0.3 is 0 Å². The van der Waals surface area contributed by atoms with Crippen LogP contribution in [0.3, 0.4) is 0 Å². The SMILES string of the molecule is CCCCCCC1=C(c2cc(CC)c(CC)c(CC)c2)[N+](=[N-])C(c2cc(CCC)c(CCC)c(CCC)c2)=C1CCCCC. The largest absolute Gasteiger partial charge is 0.493 e. The topological polar surface area (TPSA) is 25.3 Å². The van der Waals surface area contributed by atoms with Gasteiger partial charge in [-0.25, -0.2) is 4.70 Å². The summed E-state index contributed by atoms with van der Waals surface area (Å²) in [6.45, 7) is 18.4. The molecule has 1 heterocycles. The standard InChI is InChI=1S/C42H64N2/c1-9-17-19-21-26-40-39(25-20-18-10-2)42(36-29-33(22-11-3)38(24-13-5)34(30-36)23-12-4)44(43)41(40)35-27-31(14-6)37(16-8)32(15-7)28-35/h27-30H,9-26H2,1-8H3. The van der Waals surface area contributed by atoms with Crippen molar-refractivity contribution in [3.05, 3.63) is 85.5 Å². The third-order valence-corrected chi connectivity index (χ3v) is 9.74. The van der Waals surface area contributed by atoms with Crippen molar-refractivity contribution < 1.29 is 4.70 Å². The molecule has 2 aromatic rings. The van der Waals surface area contributed by atoms with Gasteiger partial charge in [-0.15, -0.1) is 0 Å². The van der Waals surface area contributed by atoms with Crippen molar-refractivity contribution >= 4 is 11.4 Å². The normalized spacial score (nSPS) is 13.6. The van der Waals surface area contributed by atoms with Crippen molar-refractivity contribution in [2.24, 2.45) is 0 Å². The number of hydrogen-bond acceptors (Lipinski definition) is 0. The van der Waals surface area contributed by atoms with Crippen LogP contribution in [-0.4, -0.2) is 4.70 Å². The minimum atomic E-state index is 1.03. The molecule has 0 fully saturated rings. The van der Waals surface area contributed by atoms with E-state index in [0.717, 1.165) is 75.6 Å². The van der Waals surface area contributed by atoms with Gasteiger partial charge in [0.25, 0.3) is 0 Å². The molecule has 242 valence electrons. The molecule has 0 saturated heterocycles. The maximum Gasteiger partial charge on any atom is 0.211 e. The summed E-state index contributed by atoms with van der Waals surface area (Å²) in [5.74, 6) is 0. The van der Waals surface area contributed by atoms with Gasteiger partial charge in [0.15, 0.2) is 0 Å². The van der Waals surface area contributed by atoms with Crippen LogP contribution in [0.1, 0.15) is 177 Å². The number of rotatable bonds is 20. The van der Waals surface area contributed by atoms with Gasteiger partial charge in [0.1, 0.15) is 0 Å². The molecular formula is C42H64N2. The highest BCUT2D eigenvalue weighted by molar-refractivity contribution is 5.83. The Kier molecular flexibility index (Phi) is 15.1. The van der Waals surface area contributed by atoms with Crippen molar-refractivity contribution in [2.75, 3.05) is 0 Å². The average Bonchev–Trinajstić information content (AvgIpc) is 3.30. The molecule has 1 aliphatic rings. The summed E-state index contributed by atoms with van der Waals surface area (Å²) >= 11 is 0. The Hall–Kier alpha value is -2.48. The van der Waals surface area contributed by atoms with E-state index < -0.39 is 0 Å². The molecule has 0 unspecified atom stereocenters. The highest BCUT2D eigenvalue weighted by atomic mass is 15.2. The van der Waals surface area contributed by atoms with Crippen LogP contribution in [0.15, 0.2) is 35.4 Å². The minimum Gasteiger partial charge on any atom is -0.493 e. The van der Waals surface area contributed by atoms with E-state index in [-0.39, 0.29) is 0 Å². The molecular weight excluding hydrogens is 532 g/mol. The molecule has 2 aromatic carbocycles. The Labute approximate surface area is 271 Å². The zero-order chi connectivity index (χ0) is 32.1. The van der Waals surface area contributed by atoms with Gasteiger partial charge < -0.3 is 5.53 Å². The smallest absolute Gasteiger partial charge is 0.211 e. The van der Waals surface area contributed by atoms with Crippen LogP contribution in [0.25, 0.3) is 16.9 Å². The zero-order valence-corrected chi connectivity index (χ0v) is 29.9. The lowest BCUT2D eigenvalue weighted by Crippen LogP contribution is -2.08. The average molecular weight is 597 g/mol. The van der Waals surface area contributed by atoms with E-state index in [1.54, 1.807) is 10.3 Å². The second-order valence-corrected chi connectivity index (χ2v) is 13.1. The molecule has 0 N–H and O–H groups in total. The maximum atomic E-state index is 12.4. The minimum absolute atomic E-state index is 1.03. The summed E-state index contributed by atoms with van der Waals surface area (Å²) in [4.78, 5) is 0. The molecule has 0 spiro atoms. The molecule has 0 bridgehead atoms. The predicted octanol–water partition coefficient (Wildman–Crippen LogP) is 13.0. The van der Waals surface area contributed by atoms with E-state index in [4.69, 9.17) is 0 Å².